The van der Waals surface area contributed by atoms with Crippen molar-refractivity contribution in [1.82, 2.24) is 0 Å². The van der Waals surface area contributed by atoms with Gasteiger partial charge in [-0.15, -0.1) is 0 Å². The van der Waals surface area contributed by atoms with E-state index < -0.39 is 10.9 Å². The van der Waals surface area contributed by atoms with Crippen LogP contribution in [-0.4, -0.2) is 22.2 Å². The molecule has 0 aliphatic rings. The van der Waals surface area contributed by atoms with Gasteiger partial charge in [-0.1, -0.05) is 12.1 Å². The highest BCUT2D eigenvalue weighted by molar-refractivity contribution is 5.95. The van der Waals surface area contributed by atoms with Gasteiger partial charge in [-0.2, -0.15) is 0 Å². The zero-order valence-electron chi connectivity index (χ0n) is 10.3. The van der Waals surface area contributed by atoms with E-state index in [2.05, 4.69) is 4.99 Å². The molecule has 100 valence electrons. The zero-order chi connectivity index (χ0) is 14.5. The maximum Gasteiger partial charge on any atom is 0.337 e. The molecule has 0 unspecified atom stereocenters. The lowest BCUT2D eigenvalue weighted by atomic mass is 10.2. The molecule has 0 aromatic heterocycles. The van der Waals surface area contributed by atoms with Gasteiger partial charge in [0.15, 0.2) is 0 Å². The SMILES string of the molecule is O=C(O)c1ccccc1N=Cc1ccc([N+](=O)[O-])cc1. The highest BCUT2D eigenvalue weighted by Crippen LogP contribution is 2.19. The number of carboxylic acids is 1. The summed E-state index contributed by atoms with van der Waals surface area (Å²) in [6.07, 6.45) is 1.46. The number of non-ortho nitro benzene ring substituents is 1. The van der Waals surface area contributed by atoms with Crippen LogP contribution in [0.5, 0.6) is 0 Å². The van der Waals surface area contributed by atoms with Crippen molar-refractivity contribution in [1.29, 1.82) is 0 Å². The summed E-state index contributed by atoms with van der Waals surface area (Å²) in [5, 5.41) is 19.5. The van der Waals surface area contributed by atoms with Gasteiger partial charge in [0.25, 0.3) is 5.69 Å². The van der Waals surface area contributed by atoms with Gasteiger partial charge in [-0.3, -0.25) is 15.1 Å². The quantitative estimate of drug-likeness (QED) is 0.525. The molecule has 0 heterocycles. The fraction of sp³-hybridized carbons (Fsp3) is 0. The number of hydrogen-bond donors (Lipinski definition) is 1. The lowest BCUT2D eigenvalue weighted by Gasteiger charge is -1.99. The van der Waals surface area contributed by atoms with Crippen LogP contribution in [0.3, 0.4) is 0 Å². The van der Waals surface area contributed by atoms with E-state index in [-0.39, 0.29) is 11.3 Å². The number of aromatic carboxylic acids is 1. The molecule has 0 radical (unpaired) electrons. The molecule has 0 atom stereocenters. The average Bonchev–Trinajstić information content (AvgIpc) is 2.45. The smallest absolute Gasteiger partial charge is 0.337 e. The fourth-order valence-corrected chi connectivity index (χ4v) is 1.59. The molecule has 0 aliphatic heterocycles. The van der Waals surface area contributed by atoms with Crippen LogP contribution in [0, 0.1) is 10.1 Å². The first-order valence-electron chi connectivity index (χ1n) is 5.69. The molecule has 0 spiro atoms. The van der Waals surface area contributed by atoms with Crippen molar-refractivity contribution in [3.8, 4) is 0 Å². The molecule has 2 rings (SSSR count). The van der Waals surface area contributed by atoms with Gasteiger partial charge >= 0.3 is 5.97 Å². The Morgan fingerprint density at radius 1 is 1.15 bits per heavy atom. The van der Waals surface area contributed by atoms with Gasteiger partial charge in [0.05, 0.1) is 16.2 Å². The van der Waals surface area contributed by atoms with Crippen molar-refractivity contribution in [2.45, 2.75) is 0 Å². The van der Waals surface area contributed by atoms with E-state index in [1.165, 1.54) is 24.4 Å². The first-order valence-corrected chi connectivity index (χ1v) is 5.69. The predicted octanol–water partition coefficient (Wildman–Crippen LogP) is 3.04. The molecule has 6 nitrogen and oxygen atoms in total. The maximum atomic E-state index is 11.0. The summed E-state index contributed by atoms with van der Waals surface area (Å²) in [6, 6.07) is 12.2. The van der Waals surface area contributed by atoms with Gasteiger partial charge in [-0.05, 0) is 29.8 Å². The third kappa shape index (κ3) is 3.05. The molecule has 0 amide bonds. The molecule has 2 aromatic rings. The lowest BCUT2D eigenvalue weighted by molar-refractivity contribution is -0.384. The van der Waals surface area contributed by atoms with Crippen molar-refractivity contribution in [3.63, 3.8) is 0 Å². The third-order valence-corrected chi connectivity index (χ3v) is 2.59. The predicted molar refractivity (Wildman–Crippen MR) is 73.8 cm³/mol. The number of para-hydroxylation sites is 1. The molecule has 0 bridgehead atoms. The molecule has 0 saturated carbocycles. The number of benzene rings is 2. The maximum absolute atomic E-state index is 11.0. The van der Waals surface area contributed by atoms with Gasteiger partial charge in [0.1, 0.15) is 0 Å². The minimum absolute atomic E-state index is 0.00640. The molecule has 0 fully saturated rings. The monoisotopic (exact) mass is 270 g/mol. The van der Waals surface area contributed by atoms with Crippen molar-refractivity contribution in [3.05, 3.63) is 69.8 Å². The fourth-order valence-electron chi connectivity index (χ4n) is 1.59. The molecule has 20 heavy (non-hydrogen) atoms. The summed E-state index contributed by atoms with van der Waals surface area (Å²) in [7, 11) is 0. The summed E-state index contributed by atoms with van der Waals surface area (Å²) in [4.78, 5) is 25.1. The number of nitro groups is 1. The highest BCUT2D eigenvalue weighted by atomic mass is 16.6. The zero-order valence-corrected chi connectivity index (χ0v) is 10.3. The Morgan fingerprint density at radius 3 is 2.40 bits per heavy atom. The Hall–Kier alpha value is -3.02. The van der Waals surface area contributed by atoms with E-state index in [1.807, 2.05) is 0 Å². The second-order valence-corrected chi connectivity index (χ2v) is 3.93. The lowest BCUT2D eigenvalue weighted by Crippen LogP contribution is -1.96. The van der Waals surface area contributed by atoms with Gasteiger partial charge in [-0.25, -0.2) is 4.79 Å². The Kier molecular flexibility index (Phi) is 3.85. The highest BCUT2D eigenvalue weighted by Gasteiger charge is 2.07. The van der Waals surface area contributed by atoms with E-state index >= 15 is 0 Å². The van der Waals surface area contributed by atoms with Gasteiger partial charge in [0, 0.05) is 18.3 Å². The summed E-state index contributed by atoms with van der Waals surface area (Å²) < 4.78 is 0. The first-order chi connectivity index (χ1) is 9.58. The van der Waals surface area contributed by atoms with Crippen LogP contribution in [-0.2, 0) is 0 Å². The molecule has 1 N–H and O–H groups in total. The Balaban J connectivity index is 2.25. The number of rotatable bonds is 4. The van der Waals surface area contributed by atoms with Crippen molar-refractivity contribution >= 4 is 23.6 Å². The number of hydrogen-bond acceptors (Lipinski definition) is 4. The van der Waals surface area contributed by atoms with Crippen LogP contribution in [0.1, 0.15) is 15.9 Å². The van der Waals surface area contributed by atoms with Crippen LogP contribution in [0.15, 0.2) is 53.5 Å². The van der Waals surface area contributed by atoms with Crippen LogP contribution in [0.2, 0.25) is 0 Å². The van der Waals surface area contributed by atoms with Crippen LogP contribution in [0.4, 0.5) is 11.4 Å². The molecular formula is C14H10N2O4. The number of nitrogens with zero attached hydrogens (tertiary/aromatic N) is 2. The standard InChI is InChI=1S/C14H10N2O4/c17-14(18)12-3-1-2-4-13(12)15-9-10-5-7-11(8-6-10)16(19)20/h1-9H,(H,17,18). The minimum Gasteiger partial charge on any atom is -0.478 e. The number of carbonyl (C=O) groups is 1. The normalized spacial score (nSPS) is 10.6. The van der Waals surface area contributed by atoms with Gasteiger partial charge in [0.2, 0.25) is 0 Å². The number of nitro benzene ring substituents is 1. The third-order valence-electron chi connectivity index (χ3n) is 2.59. The van der Waals surface area contributed by atoms with Crippen molar-refractivity contribution < 1.29 is 14.8 Å². The number of carboxylic acid groups (broad SMARTS) is 1. The summed E-state index contributed by atoms with van der Waals surface area (Å²) in [6.45, 7) is 0. The second kappa shape index (κ2) is 5.75. The molecule has 0 aliphatic carbocycles. The minimum atomic E-state index is -1.05. The largest absolute Gasteiger partial charge is 0.478 e. The average molecular weight is 270 g/mol. The van der Waals surface area contributed by atoms with Crippen molar-refractivity contribution in [2.24, 2.45) is 4.99 Å². The second-order valence-electron chi connectivity index (χ2n) is 3.93. The molecule has 6 heteroatoms. The Labute approximate surface area is 114 Å². The topological polar surface area (TPSA) is 92.8 Å². The number of aliphatic imine (C=N–C) groups is 1. The molecular weight excluding hydrogens is 260 g/mol. The van der Waals surface area contributed by atoms with E-state index in [9.17, 15) is 14.9 Å². The van der Waals surface area contributed by atoms with Gasteiger partial charge < -0.3 is 5.11 Å². The summed E-state index contributed by atoms with van der Waals surface area (Å²) in [5.74, 6) is -1.05. The Morgan fingerprint density at radius 2 is 1.80 bits per heavy atom. The van der Waals surface area contributed by atoms with Crippen LogP contribution in [0.25, 0.3) is 0 Å². The van der Waals surface area contributed by atoms with E-state index in [0.717, 1.165) is 0 Å². The van der Waals surface area contributed by atoms with E-state index in [1.54, 1.807) is 30.3 Å². The van der Waals surface area contributed by atoms with E-state index in [4.69, 9.17) is 5.11 Å². The van der Waals surface area contributed by atoms with E-state index in [0.29, 0.717) is 11.3 Å². The van der Waals surface area contributed by atoms with Crippen LogP contribution < -0.4 is 0 Å². The summed E-state index contributed by atoms with van der Waals surface area (Å²) in [5.41, 5.74) is 1.08. The molecule has 2 aromatic carbocycles. The summed E-state index contributed by atoms with van der Waals surface area (Å²) >= 11 is 0. The first kappa shape index (κ1) is 13.4. The van der Waals surface area contributed by atoms with Crippen molar-refractivity contribution in [2.75, 3.05) is 0 Å². The Bertz CT molecular complexity index is 678. The molecule has 0 saturated heterocycles. The van der Waals surface area contributed by atoms with Crippen LogP contribution >= 0.6 is 0 Å².